The Balaban J connectivity index is 1.83. The Morgan fingerprint density at radius 3 is 2.21 bits per heavy atom. The van der Waals surface area contributed by atoms with E-state index in [1.807, 2.05) is 74.5 Å². The second kappa shape index (κ2) is 11.3. The minimum absolute atomic E-state index is 0.0588. The maximum absolute atomic E-state index is 13.2. The minimum atomic E-state index is -0.755. The predicted molar refractivity (Wildman–Crippen MR) is 129 cm³/mol. The first-order valence-electron chi connectivity index (χ1n) is 11.1. The molecule has 0 radical (unpaired) electrons. The summed E-state index contributed by atoms with van der Waals surface area (Å²) >= 11 is 0. The van der Waals surface area contributed by atoms with Gasteiger partial charge in [0.25, 0.3) is 5.91 Å². The van der Waals surface area contributed by atoms with Crippen molar-refractivity contribution in [2.75, 3.05) is 6.61 Å². The fourth-order valence-corrected chi connectivity index (χ4v) is 3.83. The van der Waals surface area contributed by atoms with Crippen LogP contribution in [0.25, 0.3) is 0 Å². The molecular weight excluding hydrogens is 416 g/mol. The van der Waals surface area contributed by atoms with Gasteiger partial charge in [0.1, 0.15) is 5.84 Å². The van der Waals surface area contributed by atoms with Gasteiger partial charge in [-0.2, -0.15) is 0 Å². The molecule has 33 heavy (non-hydrogen) atoms. The van der Waals surface area contributed by atoms with E-state index in [1.165, 1.54) is 0 Å². The van der Waals surface area contributed by atoms with Crippen molar-refractivity contribution in [3.05, 3.63) is 83.4 Å². The normalized spacial score (nSPS) is 17.5. The van der Waals surface area contributed by atoms with Gasteiger partial charge in [0, 0.05) is 13.0 Å². The van der Waals surface area contributed by atoms with Crippen molar-refractivity contribution >= 4 is 24.5 Å². The Labute approximate surface area is 194 Å². The van der Waals surface area contributed by atoms with E-state index in [-0.39, 0.29) is 17.7 Å². The molecule has 1 fully saturated rings. The van der Waals surface area contributed by atoms with Crippen LogP contribution in [0.3, 0.4) is 0 Å². The third kappa shape index (κ3) is 5.62. The van der Waals surface area contributed by atoms with Crippen LogP contribution in [0.4, 0.5) is 4.79 Å². The molecule has 3 amide bonds. The molecule has 0 aromatic heterocycles. The molecule has 1 aliphatic heterocycles. The zero-order valence-corrected chi connectivity index (χ0v) is 19.0. The van der Waals surface area contributed by atoms with Gasteiger partial charge < -0.3 is 10.1 Å². The molecule has 2 unspecified atom stereocenters. The first-order chi connectivity index (χ1) is 16.0. The van der Waals surface area contributed by atoms with Gasteiger partial charge in [-0.1, -0.05) is 73.7 Å². The quantitative estimate of drug-likeness (QED) is 0.253. The Kier molecular flexibility index (Phi) is 8.27. The molecule has 2 aromatic carbocycles. The average molecular weight is 447 g/mol. The molecule has 0 bridgehead atoms. The number of amides is 3. The number of hydrogen-bond acceptors (Lipinski definition) is 4. The SMILES string of the molecule is C=NC(=N)CC(/C=C1\C(=O)N(C(=O)NC(c2ccccc2)c2ccccc2)C1OCC)CC. The number of imide groups is 1. The fraction of sp³-hybridized carbons (Fsp3) is 0.308. The van der Waals surface area contributed by atoms with E-state index in [9.17, 15) is 9.59 Å². The maximum atomic E-state index is 13.2. The highest BCUT2D eigenvalue weighted by atomic mass is 16.5. The molecule has 3 rings (SSSR count). The number of aliphatic imine (C=N–C) groups is 1. The van der Waals surface area contributed by atoms with Gasteiger partial charge in [-0.05, 0) is 37.1 Å². The summed E-state index contributed by atoms with van der Waals surface area (Å²) in [5.74, 6) is -0.277. The molecule has 1 aliphatic rings. The Morgan fingerprint density at radius 1 is 1.15 bits per heavy atom. The lowest BCUT2D eigenvalue weighted by atomic mass is 9.93. The molecule has 7 nitrogen and oxygen atoms in total. The number of nitrogens with zero attached hydrogens (tertiary/aromatic N) is 2. The summed E-state index contributed by atoms with van der Waals surface area (Å²) in [6.45, 7) is 7.53. The topological polar surface area (TPSA) is 94.9 Å². The first-order valence-corrected chi connectivity index (χ1v) is 11.1. The molecule has 7 heteroatoms. The lowest BCUT2D eigenvalue weighted by Crippen LogP contribution is -2.62. The summed E-state index contributed by atoms with van der Waals surface area (Å²) in [6, 6.07) is 18.3. The number of urea groups is 1. The zero-order valence-electron chi connectivity index (χ0n) is 19.0. The Bertz CT molecular complexity index is 981. The van der Waals surface area contributed by atoms with Crippen LogP contribution in [-0.2, 0) is 9.53 Å². The summed E-state index contributed by atoms with van der Waals surface area (Å²) in [4.78, 5) is 31.0. The van der Waals surface area contributed by atoms with Crippen LogP contribution < -0.4 is 5.32 Å². The van der Waals surface area contributed by atoms with Crippen molar-refractivity contribution in [3.8, 4) is 0 Å². The van der Waals surface area contributed by atoms with Crippen LogP contribution in [0.15, 0.2) is 77.3 Å². The predicted octanol–water partition coefficient (Wildman–Crippen LogP) is 4.71. The number of nitrogens with one attached hydrogen (secondary N) is 2. The number of amidine groups is 1. The van der Waals surface area contributed by atoms with Gasteiger partial charge in [-0.15, -0.1) is 0 Å². The van der Waals surface area contributed by atoms with Gasteiger partial charge in [-0.3, -0.25) is 10.2 Å². The number of hydrogen-bond donors (Lipinski definition) is 2. The number of carbonyl (C=O) groups excluding carboxylic acids is 2. The van der Waals surface area contributed by atoms with E-state index in [2.05, 4.69) is 17.0 Å². The highest BCUT2D eigenvalue weighted by Gasteiger charge is 2.47. The molecule has 1 saturated heterocycles. The van der Waals surface area contributed by atoms with E-state index < -0.39 is 18.3 Å². The van der Waals surface area contributed by atoms with Crippen LogP contribution in [0, 0.1) is 11.3 Å². The molecule has 2 N–H and O–H groups in total. The summed E-state index contributed by atoms with van der Waals surface area (Å²) in [5.41, 5.74) is 2.26. The van der Waals surface area contributed by atoms with E-state index in [4.69, 9.17) is 10.1 Å². The fourth-order valence-electron chi connectivity index (χ4n) is 3.83. The van der Waals surface area contributed by atoms with E-state index in [0.29, 0.717) is 18.6 Å². The standard InChI is InChI=1S/C26H30N4O3/c1-4-18(17-22(27)28-3)16-21-24(31)30(25(21)33-5-2)26(32)29-23(19-12-8-6-9-13-19)20-14-10-7-11-15-20/h6-16,18,23,25,27H,3-5,17H2,1-2H3,(H,29,32)/b21-16+,27-22?. The number of carbonyl (C=O) groups is 2. The van der Waals surface area contributed by atoms with Crippen LogP contribution in [0.2, 0.25) is 0 Å². The molecule has 0 saturated carbocycles. The number of rotatable bonds is 9. The lowest BCUT2D eigenvalue weighted by molar-refractivity contribution is -0.148. The van der Waals surface area contributed by atoms with E-state index in [0.717, 1.165) is 22.4 Å². The molecule has 0 spiro atoms. The van der Waals surface area contributed by atoms with Crippen molar-refractivity contribution in [1.82, 2.24) is 10.2 Å². The Morgan fingerprint density at radius 2 is 1.73 bits per heavy atom. The molecule has 172 valence electrons. The largest absolute Gasteiger partial charge is 0.353 e. The number of ether oxygens (including phenoxy) is 1. The highest BCUT2D eigenvalue weighted by molar-refractivity contribution is 6.11. The van der Waals surface area contributed by atoms with E-state index in [1.54, 1.807) is 6.08 Å². The van der Waals surface area contributed by atoms with E-state index >= 15 is 0 Å². The van der Waals surface area contributed by atoms with Gasteiger partial charge in [0.2, 0.25) is 0 Å². The molecule has 1 heterocycles. The number of β-lactam (4-membered cyclic amide) rings is 1. The third-order valence-corrected chi connectivity index (χ3v) is 5.63. The Hall–Kier alpha value is -3.58. The second-order valence-electron chi connectivity index (χ2n) is 7.79. The summed E-state index contributed by atoms with van der Waals surface area (Å²) in [5, 5.41) is 10.8. The van der Waals surface area contributed by atoms with Crippen molar-refractivity contribution in [1.29, 1.82) is 5.41 Å². The van der Waals surface area contributed by atoms with Crippen molar-refractivity contribution in [3.63, 3.8) is 0 Å². The van der Waals surface area contributed by atoms with Gasteiger partial charge >= 0.3 is 6.03 Å². The van der Waals surface area contributed by atoms with Gasteiger partial charge in [-0.25, -0.2) is 14.7 Å². The third-order valence-electron chi connectivity index (χ3n) is 5.63. The monoisotopic (exact) mass is 446 g/mol. The number of allylic oxidation sites excluding steroid dienone is 1. The molecular formula is C26H30N4O3. The number of likely N-dealkylation sites (tertiary alicyclic amines) is 1. The summed E-state index contributed by atoms with van der Waals surface area (Å²) in [7, 11) is 0. The van der Waals surface area contributed by atoms with Crippen LogP contribution in [0.1, 0.15) is 43.9 Å². The summed E-state index contributed by atoms with van der Waals surface area (Å²) in [6.07, 6.45) is 2.16. The van der Waals surface area contributed by atoms with Gasteiger partial charge in [0.15, 0.2) is 6.23 Å². The van der Waals surface area contributed by atoms with Crippen molar-refractivity contribution in [2.45, 2.75) is 39.0 Å². The lowest BCUT2D eigenvalue weighted by Gasteiger charge is -2.41. The van der Waals surface area contributed by atoms with Crippen molar-refractivity contribution < 1.29 is 14.3 Å². The molecule has 2 atom stereocenters. The zero-order chi connectivity index (χ0) is 23.8. The number of benzene rings is 2. The van der Waals surface area contributed by atoms with Crippen molar-refractivity contribution in [2.24, 2.45) is 10.9 Å². The maximum Gasteiger partial charge on any atom is 0.327 e. The van der Waals surface area contributed by atoms with Crippen LogP contribution >= 0.6 is 0 Å². The van der Waals surface area contributed by atoms with Gasteiger partial charge in [0.05, 0.1) is 11.6 Å². The van der Waals surface area contributed by atoms with Crippen LogP contribution in [0.5, 0.6) is 0 Å². The molecule has 2 aromatic rings. The minimum Gasteiger partial charge on any atom is -0.353 e. The molecule has 0 aliphatic carbocycles. The van der Waals surface area contributed by atoms with Crippen LogP contribution in [-0.4, -0.2) is 42.2 Å². The second-order valence-corrected chi connectivity index (χ2v) is 7.79. The smallest absolute Gasteiger partial charge is 0.327 e. The average Bonchev–Trinajstić information content (AvgIpc) is 2.85. The summed E-state index contributed by atoms with van der Waals surface area (Å²) < 4.78 is 5.75. The first kappa shape index (κ1) is 24.1. The highest BCUT2D eigenvalue weighted by Crippen LogP contribution is 2.31.